The highest BCUT2D eigenvalue weighted by molar-refractivity contribution is 5.83. The van der Waals surface area contributed by atoms with Crippen molar-refractivity contribution in [3.8, 4) is 5.88 Å². The average molecular weight is 355 g/mol. The first-order valence-electron chi connectivity index (χ1n) is 9.56. The van der Waals surface area contributed by atoms with E-state index in [1.165, 1.54) is 38.5 Å². The minimum Gasteiger partial charge on any atom is -0.467 e. The van der Waals surface area contributed by atoms with E-state index >= 15 is 0 Å². The minimum atomic E-state index is -0.479. The number of hydrogen-bond donors (Lipinski definition) is 2. The summed E-state index contributed by atoms with van der Waals surface area (Å²) in [6.07, 6.45) is 7.93. The number of rotatable bonds is 5. The number of H-pyrrole nitrogens is 1. The van der Waals surface area contributed by atoms with Gasteiger partial charge < -0.3 is 15.0 Å². The van der Waals surface area contributed by atoms with Crippen LogP contribution in [0.3, 0.4) is 0 Å². The molecule has 2 unspecified atom stereocenters. The molecule has 6 nitrogen and oxygen atoms in total. The molecular formula is C20H25N3O3. The third kappa shape index (κ3) is 3.89. The van der Waals surface area contributed by atoms with Crippen LogP contribution >= 0.6 is 0 Å². The number of amides is 1. The molecule has 138 valence electrons. The molecule has 2 fully saturated rings. The highest BCUT2D eigenvalue weighted by Crippen LogP contribution is 2.42. The summed E-state index contributed by atoms with van der Waals surface area (Å²) in [6, 6.07) is 7.26. The molecule has 2 atom stereocenters. The van der Waals surface area contributed by atoms with Gasteiger partial charge in [0.05, 0.1) is 10.9 Å². The normalized spacial score (nSPS) is 25.0. The summed E-state index contributed by atoms with van der Waals surface area (Å²) in [5.41, 5.74) is 0.171. The van der Waals surface area contributed by atoms with Crippen molar-refractivity contribution in [3.05, 3.63) is 34.7 Å². The molecular weight excluding hydrogens is 330 g/mol. The van der Waals surface area contributed by atoms with Gasteiger partial charge in [0.1, 0.15) is 0 Å². The maximum Gasteiger partial charge on any atom is 0.348 e. The molecule has 0 aliphatic heterocycles. The van der Waals surface area contributed by atoms with Crippen LogP contribution in [0.4, 0.5) is 0 Å². The van der Waals surface area contributed by atoms with Crippen LogP contribution in [-0.2, 0) is 4.79 Å². The van der Waals surface area contributed by atoms with Crippen molar-refractivity contribution in [1.29, 1.82) is 0 Å². The predicted octanol–water partition coefficient (Wildman–Crippen LogP) is 2.63. The second-order valence-electron chi connectivity index (χ2n) is 7.72. The smallest absolute Gasteiger partial charge is 0.348 e. The van der Waals surface area contributed by atoms with E-state index in [0.29, 0.717) is 16.8 Å². The van der Waals surface area contributed by atoms with Crippen molar-refractivity contribution in [2.24, 2.45) is 17.8 Å². The quantitative estimate of drug-likeness (QED) is 0.863. The lowest BCUT2D eigenvalue weighted by Crippen LogP contribution is -2.37. The highest BCUT2D eigenvalue weighted by Gasteiger charge is 2.31. The molecule has 2 saturated carbocycles. The number of fused-ring (bicyclic) bond motifs is 3. The molecule has 1 aromatic heterocycles. The predicted molar refractivity (Wildman–Crippen MR) is 99.0 cm³/mol. The van der Waals surface area contributed by atoms with Gasteiger partial charge in [-0.05, 0) is 49.1 Å². The molecule has 0 saturated heterocycles. The number of hydrogen-bond acceptors (Lipinski definition) is 4. The van der Waals surface area contributed by atoms with Gasteiger partial charge in [0.15, 0.2) is 6.61 Å². The Balaban J connectivity index is 1.31. The fraction of sp³-hybridized carbons (Fsp3) is 0.550. The molecule has 0 radical (unpaired) electrons. The van der Waals surface area contributed by atoms with Crippen LogP contribution < -0.4 is 15.7 Å². The Morgan fingerprint density at radius 3 is 2.77 bits per heavy atom. The summed E-state index contributed by atoms with van der Waals surface area (Å²) < 4.78 is 5.53. The number of aromatic amines is 1. The topological polar surface area (TPSA) is 84.1 Å². The first-order valence-corrected chi connectivity index (χ1v) is 9.56. The summed E-state index contributed by atoms with van der Waals surface area (Å²) in [4.78, 5) is 30.3. The van der Waals surface area contributed by atoms with Crippen LogP contribution in [0.1, 0.15) is 38.5 Å². The van der Waals surface area contributed by atoms with Crippen molar-refractivity contribution in [1.82, 2.24) is 15.3 Å². The van der Waals surface area contributed by atoms with E-state index < -0.39 is 5.69 Å². The summed E-state index contributed by atoms with van der Waals surface area (Å²) in [6.45, 7) is 0.596. The van der Waals surface area contributed by atoms with Gasteiger partial charge in [0, 0.05) is 6.54 Å². The van der Waals surface area contributed by atoms with Crippen molar-refractivity contribution in [3.63, 3.8) is 0 Å². The van der Waals surface area contributed by atoms with Crippen LogP contribution in [-0.4, -0.2) is 29.0 Å². The summed E-state index contributed by atoms with van der Waals surface area (Å²) in [7, 11) is 0. The van der Waals surface area contributed by atoms with Crippen LogP contribution in [0.25, 0.3) is 10.9 Å². The largest absolute Gasteiger partial charge is 0.467 e. The van der Waals surface area contributed by atoms with E-state index in [1.807, 2.05) is 18.2 Å². The Morgan fingerprint density at radius 1 is 1.19 bits per heavy atom. The minimum absolute atomic E-state index is 0.125. The van der Waals surface area contributed by atoms with Gasteiger partial charge in [-0.15, -0.1) is 0 Å². The van der Waals surface area contributed by atoms with Crippen LogP contribution in [0.15, 0.2) is 29.1 Å². The Kier molecular flexibility index (Phi) is 4.91. The van der Waals surface area contributed by atoms with E-state index in [0.717, 1.165) is 18.4 Å². The molecule has 2 N–H and O–H groups in total. The van der Waals surface area contributed by atoms with E-state index in [2.05, 4.69) is 15.3 Å². The van der Waals surface area contributed by atoms with Crippen LogP contribution in [0.5, 0.6) is 5.88 Å². The number of benzene rings is 1. The number of carbonyl (C=O) groups excluding carboxylic acids is 1. The Hall–Kier alpha value is -2.37. The molecule has 0 spiro atoms. The number of nitrogens with one attached hydrogen (secondary N) is 2. The molecule has 6 heteroatoms. The number of nitrogens with zero attached hydrogens (tertiary/aromatic N) is 1. The van der Waals surface area contributed by atoms with Gasteiger partial charge in [0.25, 0.3) is 5.91 Å². The first kappa shape index (κ1) is 17.1. The Labute approximate surface area is 152 Å². The molecule has 2 aromatic rings. The van der Waals surface area contributed by atoms with Crippen molar-refractivity contribution >= 4 is 16.8 Å². The van der Waals surface area contributed by atoms with Crippen molar-refractivity contribution in [2.45, 2.75) is 38.5 Å². The summed E-state index contributed by atoms with van der Waals surface area (Å²) in [5, 5.41) is 3.69. The number of ether oxygens (including phenoxy) is 1. The Bertz CT molecular complexity index is 836. The molecule has 1 heterocycles. The first-order chi connectivity index (χ1) is 12.7. The molecule has 1 aromatic carbocycles. The second kappa shape index (κ2) is 7.48. The van der Waals surface area contributed by atoms with Gasteiger partial charge in [0.2, 0.25) is 5.88 Å². The second-order valence-corrected chi connectivity index (χ2v) is 7.72. The Morgan fingerprint density at radius 2 is 1.96 bits per heavy atom. The zero-order valence-electron chi connectivity index (χ0n) is 14.9. The lowest BCUT2D eigenvalue weighted by molar-refractivity contribution is -0.123. The maximum absolute atomic E-state index is 12.2. The van der Waals surface area contributed by atoms with Crippen molar-refractivity contribution in [2.75, 3.05) is 13.2 Å². The van der Waals surface area contributed by atoms with Gasteiger partial charge in [-0.25, -0.2) is 4.79 Å². The lowest BCUT2D eigenvalue weighted by atomic mass is 9.68. The van der Waals surface area contributed by atoms with E-state index in [9.17, 15) is 9.59 Å². The van der Waals surface area contributed by atoms with Crippen molar-refractivity contribution < 1.29 is 9.53 Å². The number of carbonyl (C=O) groups is 1. The monoisotopic (exact) mass is 355 g/mol. The van der Waals surface area contributed by atoms with E-state index in [-0.39, 0.29) is 18.4 Å². The molecule has 2 aliphatic rings. The molecule has 1 amide bonds. The zero-order valence-corrected chi connectivity index (χ0v) is 14.9. The molecule has 2 bridgehead atoms. The average Bonchev–Trinajstić information content (AvgIpc) is 2.64. The SMILES string of the molecule is O=C(COc1nc(=O)[nH]c2ccccc12)NCC1CC2CCCC(C2)C1. The van der Waals surface area contributed by atoms with E-state index in [4.69, 9.17) is 4.74 Å². The van der Waals surface area contributed by atoms with Crippen LogP contribution in [0.2, 0.25) is 0 Å². The number of aromatic nitrogens is 2. The fourth-order valence-electron chi connectivity index (χ4n) is 4.66. The van der Waals surface area contributed by atoms with E-state index in [1.54, 1.807) is 6.07 Å². The summed E-state index contributed by atoms with van der Waals surface area (Å²) >= 11 is 0. The van der Waals surface area contributed by atoms with Gasteiger partial charge in [-0.3, -0.25) is 4.79 Å². The molecule has 4 rings (SSSR count). The zero-order chi connectivity index (χ0) is 17.9. The summed E-state index contributed by atoms with van der Waals surface area (Å²) in [5.74, 6) is 2.33. The standard InChI is InChI=1S/C20H25N3O3/c24-18(21-11-15-9-13-4-3-5-14(8-13)10-15)12-26-19-16-6-1-2-7-17(16)22-20(25)23-19/h1-2,6-7,13-15H,3-5,8-12H2,(H,21,24)(H,22,23,25). The van der Waals surface area contributed by atoms with Gasteiger partial charge >= 0.3 is 5.69 Å². The molecule has 26 heavy (non-hydrogen) atoms. The van der Waals surface area contributed by atoms with Crippen LogP contribution in [0, 0.1) is 17.8 Å². The molecule has 2 aliphatic carbocycles. The fourth-order valence-corrected chi connectivity index (χ4v) is 4.66. The van der Waals surface area contributed by atoms with Gasteiger partial charge in [-0.1, -0.05) is 31.4 Å². The highest BCUT2D eigenvalue weighted by atomic mass is 16.5. The third-order valence-corrected chi connectivity index (χ3v) is 5.75. The maximum atomic E-state index is 12.2. The third-order valence-electron chi connectivity index (χ3n) is 5.75. The van der Waals surface area contributed by atoms with Gasteiger partial charge in [-0.2, -0.15) is 4.98 Å². The lowest BCUT2D eigenvalue weighted by Gasteiger charge is -2.39. The number of para-hydroxylation sites is 1.